The molecule has 3 aromatic rings. The molecule has 0 atom stereocenters. The molecule has 1 aliphatic rings. The highest BCUT2D eigenvalue weighted by Gasteiger charge is 2.38. The monoisotopic (exact) mass is 395 g/mol. The van der Waals surface area contributed by atoms with E-state index in [4.69, 9.17) is 9.72 Å². The first kappa shape index (κ1) is 19.1. The number of aliphatic hydroxyl groups is 2. The number of nitrogens with zero attached hydrogens (tertiary/aromatic N) is 1. The number of hydrogen-bond donors (Lipinski definition) is 2. The van der Waals surface area contributed by atoms with Crippen LogP contribution in [0.4, 0.5) is 0 Å². The normalized spacial score (nSPS) is 22.2. The molecule has 1 fully saturated rings. The average molecular weight is 396 g/mol. The van der Waals surface area contributed by atoms with E-state index in [0.717, 1.165) is 32.5 Å². The Bertz CT molecular complexity index is 939. The van der Waals surface area contributed by atoms with Gasteiger partial charge in [-0.05, 0) is 62.4 Å². The van der Waals surface area contributed by atoms with Crippen LogP contribution in [-0.4, -0.2) is 28.4 Å². The van der Waals surface area contributed by atoms with Gasteiger partial charge >= 0.3 is 0 Å². The minimum absolute atomic E-state index is 0.321. The van der Waals surface area contributed by atoms with Gasteiger partial charge in [0.1, 0.15) is 16.4 Å². The first-order valence-electron chi connectivity index (χ1n) is 9.62. The smallest absolute Gasteiger partial charge is 0.126 e. The third-order valence-corrected chi connectivity index (χ3v) is 6.78. The number of aromatic nitrogens is 1. The number of ether oxygens (including phenoxy) is 1. The van der Waals surface area contributed by atoms with Crippen molar-refractivity contribution in [2.45, 2.75) is 44.3 Å². The van der Waals surface area contributed by atoms with Gasteiger partial charge in [-0.25, -0.2) is 4.98 Å². The van der Waals surface area contributed by atoms with Crippen molar-refractivity contribution >= 4 is 11.3 Å². The van der Waals surface area contributed by atoms with Crippen molar-refractivity contribution < 1.29 is 14.9 Å². The van der Waals surface area contributed by atoms with Gasteiger partial charge in [0.15, 0.2) is 0 Å². The molecular weight excluding hydrogens is 370 g/mol. The lowest BCUT2D eigenvalue weighted by molar-refractivity contribution is -0.0361. The zero-order valence-corrected chi connectivity index (χ0v) is 17.0. The summed E-state index contributed by atoms with van der Waals surface area (Å²) in [4.78, 5) is 5.96. The third-order valence-electron chi connectivity index (χ3n) is 5.48. The van der Waals surface area contributed by atoms with Crippen LogP contribution in [-0.2, 0) is 5.60 Å². The van der Waals surface area contributed by atoms with Crippen LogP contribution >= 0.6 is 11.3 Å². The Morgan fingerprint density at radius 2 is 1.61 bits per heavy atom. The van der Waals surface area contributed by atoms with Crippen LogP contribution in [0, 0.1) is 6.92 Å². The molecule has 0 unspecified atom stereocenters. The van der Waals surface area contributed by atoms with E-state index in [1.165, 1.54) is 5.56 Å². The fourth-order valence-corrected chi connectivity index (χ4v) is 4.90. The van der Waals surface area contributed by atoms with Crippen LogP contribution in [0.5, 0.6) is 5.75 Å². The quantitative estimate of drug-likeness (QED) is 0.658. The predicted molar refractivity (Wildman–Crippen MR) is 113 cm³/mol. The highest BCUT2D eigenvalue weighted by atomic mass is 32.1. The van der Waals surface area contributed by atoms with Crippen LogP contribution < -0.4 is 4.74 Å². The van der Waals surface area contributed by atoms with Gasteiger partial charge in [-0.2, -0.15) is 0 Å². The van der Waals surface area contributed by atoms with Gasteiger partial charge in [-0.1, -0.05) is 29.8 Å². The van der Waals surface area contributed by atoms with Gasteiger partial charge in [0, 0.05) is 5.56 Å². The lowest BCUT2D eigenvalue weighted by Gasteiger charge is -2.32. The van der Waals surface area contributed by atoms with Crippen molar-refractivity contribution in [3.63, 3.8) is 0 Å². The largest absolute Gasteiger partial charge is 0.497 e. The molecule has 1 heterocycles. The zero-order chi connectivity index (χ0) is 19.7. The molecule has 2 N–H and O–H groups in total. The van der Waals surface area contributed by atoms with Gasteiger partial charge < -0.3 is 14.9 Å². The third kappa shape index (κ3) is 3.70. The lowest BCUT2D eigenvalue weighted by Crippen LogP contribution is -2.33. The van der Waals surface area contributed by atoms with Gasteiger partial charge in [-0.3, -0.25) is 0 Å². The Balaban J connectivity index is 1.80. The molecule has 4 rings (SSSR count). The Morgan fingerprint density at radius 3 is 2.21 bits per heavy atom. The van der Waals surface area contributed by atoms with Gasteiger partial charge in [0.05, 0.1) is 23.8 Å². The van der Waals surface area contributed by atoms with E-state index >= 15 is 0 Å². The summed E-state index contributed by atoms with van der Waals surface area (Å²) < 4.78 is 5.28. The van der Waals surface area contributed by atoms with E-state index in [1.54, 1.807) is 18.4 Å². The minimum atomic E-state index is -0.964. The molecule has 0 aliphatic heterocycles. The SMILES string of the molecule is COc1ccc(-c2nc([C@]3(O)CC[C@@H](O)CC3)sc2-c2ccc(C)cc2)cc1. The van der Waals surface area contributed by atoms with Gasteiger partial charge in [0.25, 0.3) is 0 Å². The fraction of sp³-hybridized carbons (Fsp3) is 0.348. The zero-order valence-electron chi connectivity index (χ0n) is 16.2. The van der Waals surface area contributed by atoms with Crippen molar-refractivity contribution in [3.05, 3.63) is 59.1 Å². The van der Waals surface area contributed by atoms with Gasteiger partial charge in [-0.15, -0.1) is 11.3 Å². The van der Waals surface area contributed by atoms with Crippen molar-refractivity contribution in [3.8, 4) is 27.4 Å². The van der Waals surface area contributed by atoms with Crippen molar-refractivity contribution in [2.24, 2.45) is 0 Å². The van der Waals surface area contributed by atoms with E-state index in [0.29, 0.717) is 25.7 Å². The molecule has 0 spiro atoms. The molecule has 2 aromatic carbocycles. The van der Waals surface area contributed by atoms with E-state index in [2.05, 4.69) is 31.2 Å². The Kier molecular flexibility index (Phi) is 5.23. The number of rotatable bonds is 4. The molecule has 1 aromatic heterocycles. The first-order valence-corrected chi connectivity index (χ1v) is 10.4. The Labute approximate surface area is 169 Å². The number of thiazole rings is 1. The summed E-state index contributed by atoms with van der Waals surface area (Å²) in [7, 11) is 1.65. The molecule has 0 bridgehead atoms. The van der Waals surface area contributed by atoms with Crippen molar-refractivity contribution in [1.82, 2.24) is 4.98 Å². The summed E-state index contributed by atoms with van der Waals surface area (Å²) in [5.41, 5.74) is 3.22. The van der Waals surface area contributed by atoms with Crippen LogP contribution in [0.1, 0.15) is 36.3 Å². The second-order valence-electron chi connectivity index (χ2n) is 7.55. The number of aryl methyl sites for hydroxylation is 1. The molecule has 0 radical (unpaired) electrons. The van der Waals surface area contributed by atoms with Crippen molar-refractivity contribution in [1.29, 1.82) is 0 Å². The summed E-state index contributed by atoms with van der Waals surface area (Å²) in [6, 6.07) is 16.3. The van der Waals surface area contributed by atoms with Gasteiger partial charge in [0.2, 0.25) is 0 Å². The summed E-state index contributed by atoms with van der Waals surface area (Å²) in [5.74, 6) is 0.802. The molecule has 146 valence electrons. The maximum atomic E-state index is 11.2. The molecule has 28 heavy (non-hydrogen) atoms. The summed E-state index contributed by atoms with van der Waals surface area (Å²) in [6.07, 6.45) is 1.97. The first-order chi connectivity index (χ1) is 13.5. The fourth-order valence-electron chi connectivity index (χ4n) is 3.66. The molecular formula is C23H25NO3S. The average Bonchev–Trinajstić information content (AvgIpc) is 3.17. The highest BCUT2D eigenvalue weighted by Crippen LogP contribution is 2.45. The van der Waals surface area contributed by atoms with E-state index in [-0.39, 0.29) is 6.10 Å². The summed E-state index contributed by atoms with van der Waals surface area (Å²) in [5, 5.41) is 21.8. The second-order valence-corrected chi connectivity index (χ2v) is 8.55. The van der Waals surface area contributed by atoms with E-state index < -0.39 is 5.60 Å². The lowest BCUT2D eigenvalue weighted by atomic mass is 9.84. The number of hydrogen-bond acceptors (Lipinski definition) is 5. The standard InChI is InChI=1S/C23H25NO3S/c1-15-3-5-17(6-4-15)21-20(16-7-9-19(27-2)10-8-16)24-22(28-21)23(26)13-11-18(25)12-14-23/h3-10,18,25-26H,11-14H2,1-2H3/t18-,23+. The second kappa shape index (κ2) is 7.66. The summed E-state index contributed by atoms with van der Waals surface area (Å²) in [6.45, 7) is 2.07. The van der Waals surface area contributed by atoms with Crippen LogP contribution in [0.2, 0.25) is 0 Å². The van der Waals surface area contributed by atoms with Crippen LogP contribution in [0.15, 0.2) is 48.5 Å². The van der Waals surface area contributed by atoms with E-state index in [1.807, 2.05) is 24.3 Å². The topological polar surface area (TPSA) is 62.6 Å². The minimum Gasteiger partial charge on any atom is -0.497 e. The molecule has 0 amide bonds. The summed E-state index contributed by atoms with van der Waals surface area (Å²) >= 11 is 1.56. The maximum Gasteiger partial charge on any atom is 0.126 e. The number of methoxy groups -OCH3 is 1. The molecule has 5 heteroatoms. The molecule has 1 aliphatic carbocycles. The Morgan fingerprint density at radius 1 is 1.00 bits per heavy atom. The Hall–Kier alpha value is -2.21. The molecule has 0 saturated heterocycles. The van der Waals surface area contributed by atoms with Crippen molar-refractivity contribution in [2.75, 3.05) is 7.11 Å². The number of benzene rings is 2. The van der Waals surface area contributed by atoms with E-state index in [9.17, 15) is 10.2 Å². The van der Waals surface area contributed by atoms with Crippen LogP contribution in [0.25, 0.3) is 21.7 Å². The predicted octanol–water partition coefficient (Wildman–Crippen LogP) is 4.92. The highest BCUT2D eigenvalue weighted by molar-refractivity contribution is 7.15. The molecule has 4 nitrogen and oxygen atoms in total. The van der Waals surface area contributed by atoms with Crippen LogP contribution in [0.3, 0.4) is 0 Å². The molecule has 1 saturated carbocycles. The number of aliphatic hydroxyl groups excluding tert-OH is 1. The maximum absolute atomic E-state index is 11.2.